The summed E-state index contributed by atoms with van der Waals surface area (Å²) >= 11 is 3.23. The molecule has 2 N–H and O–H groups in total. The predicted molar refractivity (Wildman–Crippen MR) is 63.4 cm³/mol. The molecule has 0 fully saturated rings. The molecule has 0 spiro atoms. The molecule has 16 heavy (non-hydrogen) atoms. The zero-order valence-electron chi connectivity index (χ0n) is 7.92. The van der Waals surface area contributed by atoms with Crippen molar-refractivity contribution in [3.63, 3.8) is 0 Å². The third-order valence-corrected chi connectivity index (χ3v) is 3.64. The summed E-state index contributed by atoms with van der Waals surface area (Å²) in [6, 6.07) is 6.86. The van der Waals surface area contributed by atoms with Crippen LogP contribution in [-0.2, 0) is 9.84 Å². The monoisotopic (exact) mass is 302 g/mol. The summed E-state index contributed by atoms with van der Waals surface area (Å²) in [5, 5.41) is 0.455. The summed E-state index contributed by atoms with van der Waals surface area (Å²) in [6.45, 7) is 0. The molecule has 5 nitrogen and oxygen atoms in total. The first-order valence-electron chi connectivity index (χ1n) is 4.22. The van der Waals surface area contributed by atoms with Crippen LogP contribution < -0.4 is 10.5 Å². The van der Waals surface area contributed by atoms with Gasteiger partial charge in [-0.3, -0.25) is 0 Å². The fourth-order valence-corrected chi connectivity index (χ4v) is 2.38. The van der Waals surface area contributed by atoms with Crippen molar-refractivity contribution in [2.45, 2.75) is 0 Å². The fourth-order valence-electron chi connectivity index (χ4n) is 1.11. The highest BCUT2D eigenvalue weighted by molar-refractivity contribution is 9.10. The van der Waals surface area contributed by atoms with E-state index in [1.165, 1.54) is 0 Å². The minimum absolute atomic E-state index is 0.0814. The van der Waals surface area contributed by atoms with Gasteiger partial charge in [0, 0.05) is 0 Å². The second-order valence-electron chi connectivity index (χ2n) is 3.00. The van der Waals surface area contributed by atoms with Gasteiger partial charge in [-0.1, -0.05) is 12.1 Å². The molecule has 1 aromatic carbocycles. The molecule has 0 unspecified atom stereocenters. The molecule has 0 amide bonds. The molecule has 0 atom stereocenters. The average Bonchev–Trinajstić information content (AvgIpc) is 2.43. The van der Waals surface area contributed by atoms with E-state index in [0.29, 0.717) is 10.2 Å². The summed E-state index contributed by atoms with van der Waals surface area (Å²) in [4.78, 5) is 3.60. The van der Waals surface area contributed by atoms with Gasteiger partial charge in [-0.2, -0.15) is 4.99 Å². The number of hydrogen-bond acceptors (Lipinski definition) is 5. The molecule has 84 valence electrons. The molecule has 2 rings (SSSR count). The maximum Gasteiger partial charge on any atom is 0.321 e. The summed E-state index contributed by atoms with van der Waals surface area (Å²) < 4.78 is 28.7. The normalized spacial score (nSPS) is 17.8. The Labute approximate surface area is 101 Å². The first-order chi connectivity index (χ1) is 7.49. The summed E-state index contributed by atoms with van der Waals surface area (Å²) in [5.41, 5.74) is 5.30. The van der Waals surface area contributed by atoms with Crippen molar-refractivity contribution in [1.29, 1.82) is 0 Å². The number of rotatable bonds is 1. The SMILES string of the molecule is NC1=CS(=O)(=O)C(Oc2ccccc2Br)=N1. The van der Waals surface area contributed by atoms with Crippen LogP contribution in [0, 0.1) is 0 Å². The topological polar surface area (TPSA) is 81.8 Å². The van der Waals surface area contributed by atoms with Gasteiger partial charge in [-0.25, -0.2) is 8.42 Å². The number of nitrogens with zero attached hydrogens (tertiary/aromatic N) is 1. The van der Waals surface area contributed by atoms with Gasteiger partial charge in [0.1, 0.15) is 11.6 Å². The van der Waals surface area contributed by atoms with Crippen LogP contribution in [0.15, 0.2) is 45.0 Å². The van der Waals surface area contributed by atoms with Gasteiger partial charge < -0.3 is 10.5 Å². The Kier molecular flexibility index (Phi) is 2.73. The Hall–Kier alpha value is -1.34. The summed E-state index contributed by atoms with van der Waals surface area (Å²) in [5.74, 6) is 0.287. The van der Waals surface area contributed by atoms with Crippen molar-refractivity contribution < 1.29 is 13.2 Å². The van der Waals surface area contributed by atoms with Crippen LogP contribution in [0.1, 0.15) is 0 Å². The number of hydrogen-bond donors (Lipinski definition) is 1. The Morgan fingerprint density at radius 2 is 2.00 bits per heavy atom. The molecule has 0 saturated heterocycles. The second kappa shape index (κ2) is 3.91. The second-order valence-corrected chi connectivity index (χ2v) is 5.53. The van der Waals surface area contributed by atoms with Crippen LogP contribution in [-0.4, -0.2) is 13.6 Å². The number of benzene rings is 1. The molecular formula is C9H7BrN2O3S. The highest BCUT2D eigenvalue weighted by atomic mass is 79.9. The quantitative estimate of drug-likeness (QED) is 0.849. The maximum absolute atomic E-state index is 11.5. The average molecular weight is 303 g/mol. The third kappa shape index (κ3) is 2.10. The zero-order valence-corrected chi connectivity index (χ0v) is 10.3. The number of nitrogens with two attached hydrogens (primary N) is 1. The molecule has 0 saturated carbocycles. The highest BCUT2D eigenvalue weighted by Crippen LogP contribution is 2.26. The molecule has 0 radical (unpaired) electrons. The number of halogens is 1. The Bertz CT molecular complexity index is 593. The minimum Gasteiger partial charge on any atom is -0.429 e. The van der Waals surface area contributed by atoms with Gasteiger partial charge in [-0.05, 0) is 28.1 Å². The molecule has 1 heterocycles. The van der Waals surface area contributed by atoms with Crippen LogP contribution in [0.25, 0.3) is 0 Å². The van der Waals surface area contributed by atoms with Gasteiger partial charge in [-0.15, -0.1) is 0 Å². The van der Waals surface area contributed by atoms with Crippen molar-refractivity contribution in [1.82, 2.24) is 0 Å². The lowest BCUT2D eigenvalue weighted by atomic mass is 10.3. The Morgan fingerprint density at radius 3 is 2.56 bits per heavy atom. The van der Waals surface area contributed by atoms with Gasteiger partial charge in [0.15, 0.2) is 0 Å². The molecule has 0 aromatic heterocycles. The standard InChI is InChI=1S/C9H7BrN2O3S/c10-6-3-1-2-4-7(6)15-9-12-8(11)5-16(9,13)14/h1-5H,11H2. The molecule has 1 aromatic rings. The molecular weight excluding hydrogens is 296 g/mol. The van der Waals surface area contributed by atoms with Gasteiger partial charge >= 0.3 is 5.23 Å². The maximum atomic E-state index is 11.5. The van der Waals surface area contributed by atoms with Crippen LogP contribution in [0.4, 0.5) is 0 Å². The predicted octanol–water partition coefficient (Wildman–Crippen LogP) is 1.37. The lowest BCUT2D eigenvalue weighted by Gasteiger charge is -2.05. The van der Waals surface area contributed by atoms with Crippen molar-refractivity contribution in [3.05, 3.63) is 40.0 Å². The summed E-state index contributed by atoms with van der Waals surface area (Å²) in [6.07, 6.45) is 0. The van der Waals surface area contributed by atoms with Crippen molar-refractivity contribution >= 4 is 31.0 Å². The smallest absolute Gasteiger partial charge is 0.321 e. The van der Waals surface area contributed by atoms with Crippen molar-refractivity contribution in [2.24, 2.45) is 10.7 Å². The van der Waals surface area contributed by atoms with Gasteiger partial charge in [0.05, 0.1) is 9.88 Å². The van der Waals surface area contributed by atoms with E-state index in [4.69, 9.17) is 10.5 Å². The van der Waals surface area contributed by atoms with E-state index in [1.54, 1.807) is 24.3 Å². The van der Waals surface area contributed by atoms with Gasteiger partial charge in [0.25, 0.3) is 9.84 Å². The lowest BCUT2D eigenvalue weighted by Crippen LogP contribution is -2.16. The minimum atomic E-state index is -3.63. The Balaban J connectivity index is 2.32. The van der Waals surface area contributed by atoms with Crippen molar-refractivity contribution in [3.8, 4) is 5.75 Å². The number of ether oxygens (including phenoxy) is 1. The Morgan fingerprint density at radius 1 is 1.31 bits per heavy atom. The van der Waals surface area contributed by atoms with E-state index in [0.717, 1.165) is 5.41 Å². The van der Waals surface area contributed by atoms with Crippen molar-refractivity contribution in [2.75, 3.05) is 0 Å². The molecule has 7 heteroatoms. The molecule has 1 aliphatic rings. The third-order valence-electron chi connectivity index (χ3n) is 1.77. The number of sulfone groups is 1. The highest BCUT2D eigenvalue weighted by Gasteiger charge is 2.26. The number of aliphatic imine (C=N–C) groups is 1. The fraction of sp³-hybridized carbons (Fsp3) is 0. The van der Waals surface area contributed by atoms with E-state index in [-0.39, 0.29) is 5.82 Å². The molecule has 0 aliphatic carbocycles. The largest absolute Gasteiger partial charge is 0.429 e. The lowest BCUT2D eigenvalue weighted by molar-refractivity contribution is 0.546. The first-order valence-corrected chi connectivity index (χ1v) is 6.56. The first kappa shape index (κ1) is 11.2. The van der Waals surface area contributed by atoms with Crippen LogP contribution >= 0.6 is 15.9 Å². The molecule has 1 aliphatic heterocycles. The number of para-hydroxylation sites is 1. The van der Waals surface area contributed by atoms with E-state index < -0.39 is 15.1 Å². The van der Waals surface area contributed by atoms with Crippen LogP contribution in [0.2, 0.25) is 0 Å². The van der Waals surface area contributed by atoms with E-state index in [2.05, 4.69) is 20.9 Å². The zero-order chi connectivity index (χ0) is 11.8. The summed E-state index contributed by atoms with van der Waals surface area (Å²) in [7, 11) is -3.63. The van der Waals surface area contributed by atoms with Gasteiger partial charge in [0.2, 0.25) is 0 Å². The van der Waals surface area contributed by atoms with E-state index >= 15 is 0 Å². The van der Waals surface area contributed by atoms with E-state index in [1.807, 2.05) is 0 Å². The van der Waals surface area contributed by atoms with Crippen LogP contribution in [0.5, 0.6) is 5.75 Å². The molecule has 0 bridgehead atoms. The van der Waals surface area contributed by atoms with Crippen LogP contribution in [0.3, 0.4) is 0 Å². The van der Waals surface area contributed by atoms with E-state index in [9.17, 15) is 8.42 Å².